The molecule has 2 N–H and O–H groups in total. The molecule has 1 aliphatic carbocycles. The molecule has 2 fully saturated rings. The van der Waals surface area contributed by atoms with Crippen molar-refractivity contribution in [3.63, 3.8) is 0 Å². The van der Waals surface area contributed by atoms with Crippen molar-refractivity contribution in [3.8, 4) is 0 Å². The van der Waals surface area contributed by atoms with Gasteiger partial charge in [-0.15, -0.1) is 4.40 Å². The van der Waals surface area contributed by atoms with Crippen LogP contribution in [0.25, 0.3) is 0 Å². The van der Waals surface area contributed by atoms with Crippen LogP contribution in [0.4, 0.5) is 15.8 Å². The molecule has 38 heavy (non-hydrogen) atoms. The third-order valence-electron chi connectivity index (χ3n) is 7.14. The quantitative estimate of drug-likeness (QED) is 0.534. The number of carbonyl (C=O) groups excluding carboxylic acids is 2. The van der Waals surface area contributed by atoms with Crippen molar-refractivity contribution in [1.82, 2.24) is 4.90 Å². The average Bonchev–Trinajstić information content (AvgIpc) is 3.09. The van der Waals surface area contributed by atoms with Crippen molar-refractivity contribution in [2.75, 3.05) is 16.3 Å². The minimum atomic E-state index is -4.36. The molecule has 0 spiro atoms. The second kappa shape index (κ2) is 9.77. The molecule has 0 bridgehead atoms. The summed E-state index contributed by atoms with van der Waals surface area (Å²) in [6.07, 6.45) is 4.76. The Bertz CT molecular complexity index is 1540. The molecule has 13 heteroatoms. The zero-order valence-corrected chi connectivity index (χ0v) is 22.2. The van der Waals surface area contributed by atoms with Crippen LogP contribution in [-0.2, 0) is 36.2 Å². The van der Waals surface area contributed by atoms with E-state index in [1.807, 2.05) is 0 Å². The summed E-state index contributed by atoms with van der Waals surface area (Å²) in [6, 6.07) is 9.30. The van der Waals surface area contributed by atoms with E-state index in [4.69, 9.17) is 0 Å². The molecular weight excluding hydrogens is 535 g/mol. The number of hydrogen-bond donors (Lipinski definition) is 2. The van der Waals surface area contributed by atoms with Crippen molar-refractivity contribution < 1.29 is 30.8 Å². The Hall–Kier alpha value is -3.32. The van der Waals surface area contributed by atoms with Gasteiger partial charge in [-0.3, -0.25) is 14.3 Å². The monoisotopic (exact) mass is 562 g/mol. The number of carbonyl (C=O) groups is 2. The molecule has 2 aromatic carbocycles. The first-order valence-corrected chi connectivity index (χ1v) is 15.6. The SMILES string of the molecule is CS(=O)(=O)Nc1ccc2c(c1)S(=O)(=O)N=C(C1C(=O)C3CCCCCC3N(Cc3ccc(F)cc3)C1=O)N2. The van der Waals surface area contributed by atoms with Crippen molar-refractivity contribution in [1.29, 1.82) is 0 Å². The molecule has 10 nitrogen and oxygen atoms in total. The molecule has 3 atom stereocenters. The zero-order chi connectivity index (χ0) is 27.2. The Kier molecular flexibility index (Phi) is 6.76. The van der Waals surface area contributed by atoms with Crippen molar-refractivity contribution in [2.45, 2.75) is 49.6 Å². The smallest absolute Gasteiger partial charge is 0.286 e. The highest BCUT2D eigenvalue weighted by atomic mass is 32.2. The van der Waals surface area contributed by atoms with Crippen LogP contribution in [0.1, 0.15) is 37.7 Å². The predicted molar refractivity (Wildman–Crippen MR) is 139 cm³/mol. The van der Waals surface area contributed by atoms with E-state index in [1.54, 1.807) is 17.0 Å². The Labute approximate surface area is 220 Å². The molecule has 1 saturated heterocycles. The van der Waals surface area contributed by atoms with Gasteiger partial charge in [0.15, 0.2) is 11.7 Å². The summed E-state index contributed by atoms with van der Waals surface area (Å²) in [5, 5.41) is 2.85. The van der Waals surface area contributed by atoms with Gasteiger partial charge in [-0.25, -0.2) is 12.8 Å². The summed E-state index contributed by atoms with van der Waals surface area (Å²) in [4.78, 5) is 28.9. The summed E-state index contributed by atoms with van der Waals surface area (Å²) >= 11 is 0. The molecule has 0 radical (unpaired) electrons. The topological polar surface area (TPSA) is 142 Å². The molecule has 2 heterocycles. The molecule has 1 amide bonds. The molecule has 3 unspecified atom stereocenters. The lowest BCUT2D eigenvalue weighted by molar-refractivity contribution is -0.151. The van der Waals surface area contributed by atoms with Crippen molar-refractivity contribution >= 4 is 48.9 Å². The van der Waals surface area contributed by atoms with E-state index in [1.165, 1.54) is 24.3 Å². The molecule has 2 aliphatic heterocycles. The highest BCUT2D eigenvalue weighted by Crippen LogP contribution is 2.39. The highest BCUT2D eigenvalue weighted by molar-refractivity contribution is 7.92. The minimum Gasteiger partial charge on any atom is -0.341 e. The number of benzene rings is 2. The first-order chi connectivity index (χ1) is 17.9. The van der Waals surface area contributed by atoms with E-state index in [9.17, 15) is 30.8 Å². The number of halogens is 1. The van der Waals surface area contributed by atoms with E-state index in [0.717, 1.165) is 31.6 Å². The summed E-state index contributed by atoms with van der Waals surface area (Å²) in [5.74, 6) is -3.51. The molecule has 0 aromatic heterocycles. The first kappa shape index (κ1) is 26.3. The fourth-order valence-electron chi connectivity index (χ4n) is 5.47. The maximum atomic E-state index is 13.8. The number of Topliss-reactive ketones (excluding diaryl/α,β-unsaturated/α-hetero) is 1. The number of ketones is 1. The molecule has 202 valence electrons. The van der Waals surface area contributed by atoms with Gasteiger partial charge in [0.1, 0.15) is 16.5 Å². The Morgan fingerprint density at radius 3 is 2.50 bits per heavy atom. The van der Waals surface area contributed by atoms with Crippen LogP contribution in [0, 0.1) is 17.7 Å². The second-order valence-corrected chi connectivity index (χ2v) is 13.2. The maximum absolute atomic E-state index is 13.8. The number of nitrogens with one attached hydrogen (secondary N) is 2. The third-order valence-corrected chi connectivity index (χ3v) is 9.08. The molecule has 2 aromatic rings. The van der Waals surface area contributed by atoms with Crippen LogP contribution in [0.15, 0.2) is 51.8 Å². The van der Waals surface area contributed by atoms with E-state index in [0.29, 0.717) is 18.4 Å². The Morgan fingerprint density at radius 2 is 1.79 bits per heavy atom. The van der Waals surface area contributed by atoms with Gasteiger partial charge in [-0.05, 0) is 48.7 Å². The number of sulfonamides is 2. The summed E-state index contributed by atoms with van der Waals surface area (Å²) < 4.78 is 68.9. The van der Waals surface area contributed by atoms with Crippen molar-refractivity contribution in [2.24, 2.45) is 16.2 Å². The normalized spacial score (nSPS) is 24.9. The van der Waals surface area contributed by atoms with Gasteiger partial charge in [0, 0.05) is 24.2 Å². The number of hydrogen-bond acceptors (Lipinski definition) is 7. The highest BCUT2D eigenvalue weighted by Gasteiger charge is 2.51. The Morgan fingerprint density at radius 1 is 1.08 bits per heavy atom. The van der Waals surface area contributed by atoms with Crippen LogP contribution in [0.5, 0.6) is 0 Å². The Balaban J connectivity index is 1.52. The first-order valence-electron chi connectivity index (χ1n) is 12.3. The van der Waals surface area contributed by atoms with Gasteiger partial charge >= 0.3 is 0 Å². The standard InChI is InChI=1S/C25H27FN4O6S2/c1-37(33,34)28-17-11-12-19-21(13-17)38(35,36)29-24(27-19)22-23(31)18-5-3-2-4-6-20(18)30(25(22)32)14-15-7-9-16(26)10-8-15/h7-13,18,20,22,28H,2-6,14H2,1H3,(H,27,29). The number of amides is 1. The summed E-state index contributed by atoms with van der Waals surface area (Å²) in [7, 11) is -8.01. The van der Waals surface area contributed by atoms with Gasteiger partial charge in [0.2, 0.25) is 15.9 Å². The number of likely N-dealkylation sites (tertiary alicyclic amines) is 1. The number of anilines is 2. The van der Waals surface area contributed by atoms with E-state index in [2.05, 4.69) is 14.4 Å². The fraction of sp³-hybridized carbons (Fsp3) is 0.400. The zero-order valence-electron chi connectivity index (χ0n) is 20.6. The minimum absolute atomic E-state index is 0.0341. The largest absolute Gasteiger partial charge is 0.341 e. The van der Waals surface area contributed by atoms with Gasteiger partial charge < -0.3 is 10.2 Å². The van der Waals surface area contributed by atoms with Crippen LogP contribution in [-0.4, -0.2) is 51.6 Å². The summed E-state index contributed by atoms with van der Waals surface area (Å²) in [6.45, 7) is 0.154. The fourth-order valence-corrected chi connectivity index (χ4v) is 7.21. The van der Waals surface area contributed by atoms with Crippen LogP contribution < -0.4 is 10.0 Å². The van der Waals surface area contributed by atoms with E-state index < -0.39 is 43.6 Å². The lowest BCUT2D eigenvalue weighted by Crippen LogP contribution is -2.59. The molecular formula is C25H27FN4O6S2. The summed E-state index contributed by atoms with van der Waals surface area (Å²) in [5.41, 5.74) is 0.813. The second-order valence-electron chi connectivity index (χ2n) is 9.90. The lowest BCUT2D eigenvalue weighted by Gasteiger charge is -2.43. The number of fused-ring (bicyclic) bond motifs is 2. The maximum Gasteiger partial charge on any atom is 0.286 e. The van der Waals surface area contributed by atoms with Crippen molar-refractivity contribution in [3.05, 3.63) is 53.8 Å². The number of rotatable bonds is 5. The molecule has 3 aliphatic rings. The third kappa shape index (κ3) is 5.17. The van der Waals surface area contributed by atoms with Gasteiger partial charge in [-0.2, -0.15) is 8.42 Å². The van der Waals surface area contributed by atoms with Crippen LogP contribution in [0.3, 0.4) is 0 Å². The lowest BCUT2D eigenvalue weighted by atomic mass is 9.77. The molecule has 1 saturated carbocycles. The average molecular weight is 563 g/mol. The number of piperidine rings is 1. The van der Waals surface area contributed by atoms with Crippen LogP contribution >= 0.6 is 0 Å². The number of nitrogens with zero attached hydrogens (tertiary/aromatic N) is 2. The van der Waals surface area contributed by atoms with Gasteiger partial charge in [0.05, 0.1) is 11.9 Å². The predicted octanol–water partition coefficient (Wildman–Crippen LogP) is 2.89. The number of amidine groups is 1. The van der Waals surface area contributed by atoms with E-state index >= 15 is 0 Å². The van der Waals surface area contributed by atoms with E-state index in [-0.39, 0.29) is 40.5 Å². The molecule has 5 rings (SSSR count). The van der Waals surface area contributed by atoms with Crippen LogP contribution in [0.2, 0.25) is 0 Å². The van der Waals surface area contributed by atoms with Gasteiger partial charge in [-0.1, -0.05) is 31.4 Å². The van der Waals surface area contributed by atoms with Gasteiger partial charge in [0.25, 0.3) is 10.0 Å².